The van der Waals surface area contributed by atoms with Gasteiger partial charge in [0.25, 0.3) is 0 Å². The second-order valence-corrected chi connectivity index (χ2v) is 30.6. The lowest BCUT2D eigenvalue weighted by atomic mass is 9.37. The SMILES string of the molecule is CC(C)c1cc2c3c(c1)N1c4cc(cc(-c5cc6ccccc6o5)c4)C4=Cc5ccccc5[SH]4C(C)(C)c4ccc5oc(c1c5c4)B3c1oc3ccc4cc3c1N2c1cc(cc(-c2cc3ccccc3o2)c1)C1=Cc2ccccc2[SH]1C4(C)C. The van der Waals surface area contributed by atoms with Gasteiger partial charge in [-0.05, 0) is 209 Å². The van der Waals surface area contributed by atoms with E-state index < -0.39 is 28.5 Å². The topological polar surface area (TPSA) is 59.0 Å². The second-order valence-electron chi connectivity index (χ2n) is 25.1. The number of anilines is 6. The maximum Gasteiger partial charge on any atom is 0.342 e. The van der Waals surface area contributed by atoms with Gasteiger partial charge in [-0.3, -0.25) is 0 Å². The van der Waals surface area contributed by atoms with Crippen LogP contribution in [0.5, 0.6) is 0 Å². The normalized spacial score (nSPS) is 18.6. The molecule has 6 aliphatic heterocycles. The van der Waals surface area contributed by atoms with Gasteiger partial charge in [-0.2, -0.15) is 21.8 Å². The van der Waals surface area contributed by atoms with Gasteiger partial charge in [-0.15, -0.1) is 0 Å². The largest absolute Gasteiger partial charge is 0.468 e. The fraction of sp³-hybridized carbons (Fsp3) is 0.120. The molecule has 0 saturated carbocycles. The first-order chi connectivity index (χ1) is 40.9. The Labute approximate surface area is 492 Å². The number of hydrogen-bond donors (Lipinski definition) is 2. The first-order valence-corrected chi connectivity index (χ1v) is 32.0. The van der Waals surface area contributed by atoms with E-state index in [1.54, 1.807) is 0 Å². The lowest BCUT2D eigenvalue weighted by Gasteiger charge is -2.41. The van der Waals surface area contributed by atoms with Crippen LogP contribution in [0.3, 0.4) is 0 Å². The van der Waals surface area contributed by atoms with Crippen LogP contribution in [0, 0.1) is 0 Å². The number of rotatable bonds is 3. The summed E-state index contributed by atoms with van der Waals surface area (Å²) in [5.74, 6) is 1.85. The van der Waals surface area contributed by atoms with Crippen LogP contribution in [0.15, 0.2) is 222 Å². The Morgan fingerprint density at radius 3 is 1.33 bits per heavy atom. The fourth-order valence-electron chi connectivity index (χ4n) is 15.1. The molecule has 6 aliphatic rings. The summed E-state index contributed by atoms with van der Waals surface area (Å²) in [6, 6.07) is 72.7. The molecule has 404 valence electrons. The van der Waals surface area contributed by atoms with Gasteiger partial charge in [0.1, 0.15) is 45.2 Å². The van der Waals surface area contributed by atoms with Crippen molar-refractivity contribution >= 4 is 145 Å². The molecule has 0 radical (unpaired) electrons. The Kier molecular flexibility index (Phi) is 9.27. The van der Waals surface area contributed by atoms with Gasteiger partial charge in [0.15, 0.2) is 0 Å². The standard InChI is InChI=1S/C75H55BN2O4S2/c1-41(2)46-33-57-69-58(34-46)78-54-30-48(64-36-43-16-8-12-20-60(43)80-64)28-50(32-54)68-38-45-18-10-14-22-66(45)84(68)75(5,6)52-24-26-62-56(40-52)71(78)73(82-62)76(69)72-70-55-39-51(23-25-61(55)81-72)74(3,4)83-65-21-13-9-17-44(65)37-67(83)49-27-47(29-53(31-49)77(57)70)63-35-42-15-7-11-19-59(42)79-63/h7-41,83-84H,1-6H3. The summed E-state index contributed by atoms with van der Waals surface area (Å²) in [5.41, 5.74) is 23.5. The van der Waals surface area contributed by atoms with Crippen molar-refractivity contribution in [2.24, 2.45) is 0 Å². The summed E-state index contributed by atoms with van der Waals surface area (Å²) in [4.78, 5) is 10.6. The number of fused-ring (bicyclic) bond motifs is 22. The molecule has 9 heteroatoms. The highest BCUT2D eigenvalue weighted by Crippen LogP contribution is 2.69. The summed E-state index contributed by atoms with van der Waals surface area (Å²) in [5, 5.41) is 4.33. The predicted octanol–water partition coefficient (Wildman–Crippen LogP) is 19.5. The highest BCUT2D eigenvalue weighted by molar-refractivity contribution is 8.26. The average Bonchev–Trinajstić information content (AvgIpc) is 2.07. The van der Waals surface area contributed by atoms with Crippen molar-refractivity contribution in [2.45, 2.75) is 66.7 Å². The van der Waals surface area contributed by atoms with E-state index in [1.807, 2.05) is 0 Å². The molecule has 19 rings (SSSR count). The molecule has 4 aromatic heterocycles. The Bertz CT molecular complexity index is 4820. The number of furan rings is 4. The maximum atomic E-state index is 7.61. The van der Waals surface area contributed by atoms with Crippen LogP contribution in [0.1, 0.15) is 86.4 Å². The molecule has 10 heterocycles. The van der Waals surface area contributed by atoms with Gasteiger partial charge >= 0.3 is 6.71 Å². The van der Waals surface area contributed by atoms with Gasteiger partial charge < -0.3 is 27.5 Å². The van der Waals surface area contributed by atoms with Crippen LogP contribution >= 0.6 is 21.8 Å². The summed E-state index contributed by atoms with van der Waals surface area (Å²) >= 11 is 0. The Balaban J connectivity index is 0.946. The van der Waals surface area contributed by atoms with E-state index in [0.29, 0.717) is 0 Å². The van der Waals surface area contributed by atoms with E-state index in [4.69, 9.17) is 17.7 Å². The molecule has 0 aliphatic carbocycles. The Morgan fingerprint density at radius 2 is 0.869 bits per heavy atom. The molecule has 84 heavy (non-hydrogen) atoms. The van der Waals surface area contributed by atoms with Crippen LogP contribution in [0.2, 0.25) is 0 Å². The first kappa shape index (κ1) is 47.5. The molecule has 8 bridgehead atoms. The van der Waals surface area contributed by atoms with Crippen LogP contribution in [-0.4, -0.2) is 6.71 Å². The third-order valence-corrected chi connectivity index (χ3v) is 25.5. The number of thiol groups is 2. The third-order valence-electron chi connectivity index (χ3n) is 19.3. The molecular weight excluding hydrogens is 1070 g/mol. The Morgan fingerprint density at radius 1 is 0.429 bits per heavy atom. The summed E-state index contributed by atoms with van der Waals surface area (Å²) in [7, 11) is -1.83. The molecule has 0 saturated heterocycles. The van der Waals surface area contributed by atoms with E-state index in [0.717, 1.165) is 117 Å². The van der Waals surface area contributed by atoms with Crippen LogP contribution in [0.25, 0.3) is 88.5 Å². The molecule has 0 amide bonds. The van der Waals surface area contributed by atoms with Crippen molar-refractivity contribution in [1.29, 1.82) is 0 Å². The zero-order valence-corrected chi connectivity index (χ0v) is 49.0. The quantitative estimate of drug-likeness (QED) is 0.136. The smallest absolute Gasteiger partial charge is 0.342 e. The van der Waals surface area contributed by atoms with Crippen LogP contribution in [-0.2, 0) is 9.49 Å². The maximum absolute atomic E-state index is 7.61. The molecule has 0 fully saturated rings. The van der Waals surface area contributed by atoms with E-state index in [9.17, 15) is 0 Å². The Hall–Kier alpha value is -9.02. The van der Waals surface area contributed by atoms with Crippen molar-refractivity contribution in [1.82, 2.24) is 0 Å². The second kappa shape index (κ2) is 16.4. The molecular formula is C75H55BN2O4S2. The summed E-state index contributed by atoms with van der Waals surface area (Å²) in [6.45, 7) is 14.1. The lowest BCUT2D eigenvalue weighted by Crippen LogP contribution is -2.60. The van der Waals surface area contributed by atoms with Gasteiger partial charge in [0.2, 0.25) is 0 Å². The average molecular weight is 1120 g/mol. The number of benzene rings is 9. The highest BCUT2D eigenvalue weighted by atomic mass is 32.2. The number of para-hydroxylation sites is 2. The van der Waals surface area contributed by atoms with Crippen molar-refractivity contribution in [3.63, 3.8) is 0 Å². The zero-order valence-electron chi connectivity index (χ0n) is 47.2. The van der Waals surface area contributed by atoms with E-state index in [-0.39, 0.29) is 15.4 Å². The summed E-state index contributed by atoms with van der Waals surface area (Å²) in [6.07, 6.45) is 4.95. The van der Waals surface area contributed by atoms with E-state index in [1.165, 1.54) is 58.5 Å². The minimum absolute atomic E-state index is 0.175. The molecule has 0 N–H and O–H groups in total. The van der Waals surface area contributed by atoms with Crippen LogP contribution in [0.4, 0.5) is 34.1 Å². The molecule has 2 atom stereocenters. The predicted molar refractivity (Wildman–Crippen MR) is 354 cm³/mol. The van der Waals surface area contributed by atoms with E-state index >= 15 is 0 Å². The van der Waals surface area contributed by atoms with E-state index in [2.05, 4.69) is 258 Å². The van der Waals surface area contributed by atoms with Gasteiger partial charge in [-0.1, -0.05) is 98.8 Å². The lowest BCUT2D eigenvalue weighted by molar-refractivity contribution is 0.631. The number of nitrogens with zero attached hydrogens (tertiary/aromatic N) is 2. The van der Waals surface area contributed by atoms with Gasteiger partial charge in [-0.25, -0.2) is 0 Å². The molecule has 6 nitrogen and oxygen atoms in total. The van der Waals surface area contributed by atoms with Gasteiger partial charge in [0, 0.05) is 74.7 Å². The first-order valence-electron chi connectivity index (χ1n) is 29.3. The third kappa shape index (κ3) is 6.30. The van der Waals surface area contributed by atoms with Crippen molar-refractivity contribution in [3.05, 3.63) is 233 Å². The molecule has 13 aromatic rings. The molecule has 2 unspecified atom stereocenters. The van der Waals surface area contributed by atoms with Crippen LogP contribution < -0.4 is 26.6 Å². The van der Waals surface area contributed by atoms with Crippen molar-refractivity contribution in [3.8, 4) is 22.6 Å². The zero-order chi connectivity index (χ0) is 55.8. The minimum Gasteiger partial charge on any atom is -0.468 e. The van der Waals surface area contributed by atoms with Crippen molar-refractivity contribution in [2.75, 3.05) is 9.80 Å². The monoisotopic (exact) mass is 1120 g/mol. The van der Waals surface area contributed by atoms with Crippen molar-refractivity contribution < 1.29 is 17.7 Å². The summed E-state index contributed by atoms with van der Waals surface area (Å²) < 4.78 is 28.4. The highest BCUT2D eigenvalue weighted by Gasteiger charge is 2.52. The fourth-order valence-corrected chi connectivity index (χ4v) is 21.4. The van der Waals surface area contributed by atoms with Gasteiger partial charge in [0.05, 0.1) is 11.4 Å². The molecule has 9 aromatic carbocycles. The minimum atomic E-state index is -0.916. The number of hydrogen-bond acceptors (Lipinski definition) is 6. The molecule has 0 spiro atoms.